The molecule has 0 radical (unpaired) electrons. The van der Waals surface area contributed by atoms with E-state index in [0.717, 1.165) is 11.1 Å². The molecular weight excluding hydrogens is 417 g/mol. The van der Waals surface area contributed by atoms with Gasteiger partial charge in [-0.2, -0.15) is 0 Å². The summed E-state index contributed by atoms with van der Waals surface area (Å²) >= 11 is 1.42. The number of aromatic nitrogens is 2. The molecule has 4 rings (SSSR count). The number of aryl methyl sites for hydroxylation is 1. The van der Waals surface area contributed by atoms with Crippen LogP contribution in [0.15, 0.2) is 60.1 Å². The van der Waals surface area contributed by atoms with Crippen molar-refractivity contribution in [2.24, 2.45) is 5.73 Å². The first-order valence-corrected chi connectivity index (χ1v) is 10.4. The van der Waals surface area contributed by atoms with Crippen LogP contribution in [-0.4, -0.2) is 21.3 Å². The molecule has 2 aromatic carbocycles. The number of fused-ring (bicyclic) bond motifs is 1. The van der Waals surface area contributed by atoms with Gasteiger partial charge < -0.3 is 16.4 Å². The number of nitrogens with two attached hydrogens (primary N) is 1. The minimum Gasteiger partial charge on any atom is -0.352 e. The molecular formula is C22H20FN5O2S. The van der Waals surface area contributed by atoms with Crippen molar-refractivity contribution >= 4 is 34.1 Å². The fourth-order valence-electron chi connectivity index (χ4n) is 3.47. The van der Waals surface area contributed by atoms with Crippen LogP contribution >= 0.6 is 11.3 Å². The quantitative estimate of drug-likeness (QED) is 0.420. The van der Waals surface area contributed by atoms with E-state index in [0.29, 0.717) is 22.0 Å². The second-order valence-corrected chi connectivity index (χ2v) is 7.91. The monoisotopic (exact) mass is 437 g/mol. The number of imidazole rings is 1. The van der Waals surface area contributed by atoms with E-state index in [2.05, 4.69) is 15.6 Å². The molecule has 3 amide bonds. The number of hydrogen-bond donors (Lipinski definition) is 3. The van der Waals surface area contributed by atoms with Crippen molar-refractivity contribution in [3.63, 3.8) is 0 Å². The number of nitrogens with one attached hydrogen (secondary N) is 2. The molecule has 4 aromatic rings. The lowest BCUT2D eigenvalue weighted by atomic mass is 9.98. The van der Waals surface area contributed by atoms with E-state index >= 15 is 0 Å². The highest BCUT2D eigenvalue weighted by molar-refractivity contribution is 7.15. The number of nitrogens with zero attached hydrogens (tertiary/aromatic N) is 2. The Morgan fingerprint density at radius 3 is 2.65 bits per heavy atom. The number of carbonyl (C=O) groups excluding carboxylic acids is 2. The summed E-state index contributed by atoms with van der Waals surface area (Å²) in [5, 5.41) is 7.41. The fourth-order valence-corrected chi connectivity index (χ4v) is 4.18. The van der Waals surface area contributed by atoms with Gasteiger partial charge in [0, 0.05) is 17.1 Å². The molecule has 0 unspecified atom stereocenters. The second kappa shape index (κ2) is 8.57. The summed E-state index contributed by atoms with van der Waals surface area (Å²) in [4.78, 5) is 29.8. The molecule has 1 atom stereocenters. The summed E-state index contributed by atoms with van der Waals surface area (Å²) in [5.74, 6) is -0.192. The number of hydrogen-bond acceptors (Lipinski definition) is 4. The number of carbonyl (C=O) groups is 2. The van der Waals surface area contributed by atoms with Gasteiger partial charge in [-0.15, -0.1) is 11.3 Å². The van der Waals surface area contributed by atoms with Crippen molar-refractivity contribution < 1.29 is 14.0 Å². The number of primary amides is 1. The molecule has 7 nitrogen and oxygen atoms in total. The molecule has 0 bridgehead atoms. The van der Waals surface area contributed by atoms with E-state index < -0.39 is 12.1 Å². The molecule has 0 saturated heterocycles. The van der Waals surface area contributed by atoms with Crippen LogP contribution in [0.5, 0.6) is 0 Å². The van der Waals surface area contributed by atoms with Gasteiger partial charge in [0.2, 0.25) is 5.91 Å². The first kappa shape index (κ1) is 20.5. The first-order chi connectivity index (χ1) is 14.9. The average Bonchev–Trinajstić information content (AvgIpc) is 3.31. The Bertz CT molecular complexity index is 1250. The highest BCUT2D eigenvalue weighted by atomic mass is 32.1. The van der Waals surface area contributed by atoms with E-state index in [1.54, 1.807) is 22.7 Å². The maximum absolute atomic E-state index is 13.4. The predicted octanol–water partition coefficient (Wildman–Crippen LogP) is 4.25. The Labute approximate surface area is 181 Å². The third-order valence-corrected chi connectivity index (χ3v) is 5.66. The van der Waals surface area contributed by atoms with Crippen LogP contribution in [0, 0.1) is 12.7 Å². The van der Waals surface area contributed by atoms with Crippen LogP contribution in [0.1, 0.15) is 23.6 Å². The SMILES string of the molecule is Cc1ccccc1[C@H](CC(=O)Nc1c(-c2ccc(F)cc2)nc2sccn12)NC(N)=O. The summed E-state index contributed by atoms with van der Waals surface area (Å²) in [6.07, 6.45) is 1.78. The van der Waals surface area contributed by atoms with Crippen molar-refractivity contribution in [3.8, 4) is 11.3 Å². The Morgan fingerprint density at radius 2 is 1.94 bits per heavy atom. The van der Waals surface area contributed by atoms with Gasteiger partial charge in [0.25, 0.3) is 0 Å². The second-order valence-electron chi connectivity index (χ2n) is 7.04. The third kappa shape index (κ3) is 4.41. The maximum Gasteiger partial charge on any atom is 0.312 e. The van der Waals surface area contributed by atoms with Gasteiger partial charge in [-0.1, -0.05) is 24.3 Å². The number of thiazole rings is 1. The number of urea groups is 1. The van der Waals surface area contributed by atoms with Gasteiger partial charge in [0.15, 0.2) is 4.96 Å². The minimum atomic E-state index is -0.711. The van der Waals surface area contributed by atoms with Crippen LogP contribution in [0.2, 0.25) is 0 Å². The van der Waals surface area contributed by atoms with Crippen LogP contribution < -0.4 is 16.4 Å². The maximum atomic E-state index is 13.4. The summed E-state index contributed by atoms with van der Waals surface area (Å²) in [5.41, 5.74) is 8.30. The number of amides is 3. The summed E-state index contributed by atoms with van der Waals surface area (Å²) in [7, 11) is 0. The van der Waals surface area contributed by atoms with Crippen molar-refractivity contribution in [1.82, 2.24) is 14.7 Å². The largest absolute Gasteiger partial charge is 0.352 e. The summed E-state index contributed by atoms with van der Waals surface area (Å²) < 4.78 is 15.1. The zero-order chi connectivity index (χ0) is 22.0. The number of benzene rings is 2. The Kier molecular flexibility index (Phi) is 5.68. The van der Waals surface area contributed by atoms with Gasteiger partial charge in [0.05, 0.1) is 12.5 Å². The van der Waals surface area contributed by atoms with Gasteiger partial charge in [0.1, 0.15) is 17.3 Å². The zero-order valence-electron chi connectivity index (χ0n) is 16.6. The van der Waals surface area contributed by atoms with Gasteiger partial charge in [-0.3, -0.25) is 9.20 Å². The lowest BCUT2D eigenvalue weighted by Gasteiger charge is -2.19. The molecule has 0 aliphatic carbocycles. The van der Waals surface area contributed by atoms with Crippen molar-refractivity contribution in [2.45, 2.75) is 19.4 Å². The lowest BCUT2D eigenvalue weighted by Crippen LogP contribution is -2.35. The fraction of sp³-hybridized carbons (Fsp3) is 0.136. The molecule has 0 aliphatic heterocycles. The number of anilines is 1. The molecule has 0 aliphatic rings. The molecule has 2 aromatic heterocycles. The molecule has 0 saturated carbocycles. The summed E-state index contributed by atoms with van der Waals surface area (Å²) in [6.45, 7) is 1.90. The van der Waals surface area contributed by atoms with E-state index in [-0.39, 0.29) is 18.1 Å². The topological polar surface area (TPSA) is 102 Å². The highest BCUT2D eigenvalue weighted by Gasteiger charge is 2.22. The normalized spacial score (nSPS) is 11.9. The lowest BCUT2D eigenvalue weighted by molar-refractivity contribution is -0.116. The van der Waals surface area contributed by atoms with Gasteiger partial charge in [-0.05, 0) is 42.3 Å². The molecule has 31 heavy (non-hydrogen) atoms. The molecule has 2 heterocycles. The van der Waals surface area contributed by atoms with Crippen LogP contribution in [0.25, 0.3) is 16.2 Å². The van der Waals surface area contributed by atoms with Gasteiger partial charge >= 0.3 is 6.03 Å². The first-order valence-electron chi connectivity index (χ1n) is 9.55. The molecule has 9 heteroatoms. The van der Waals surface area contributed by atoms with Crippen molar-refractivity contribution in [2.75, 3.05) is 5.32 Å². The van der Waals surface area contributed by atoms with E-state index in [4.69, 9.17) is 5.73 Å². The van der Waals surface area contributed by atoms with Crippen molar-refractivity contribution in [3.05, 3.63) is 77.1 Å². The van der Waals surface area contributed by atoms with Crippen molar-refractivity contribution in [1.29, 1.82) is 0 Å². The zero-order valence-corrected chi connectivity index (χ0v) is 17.4. The van der Waals surface area contributed by atoms with E-state index in [9.17, 15) is 14.0 Å². The Hall–Kier alpha value is -3.72. The Morgan fingerprint density at radius 1 is 1.19 bits per heavy atom. The van der Waals surface area contributed by atoms with Crippen LogP contribution in [0.3, 0.4) is 0 Å². The van der Waals surface area contributed by atoms with E-state index in [1.165, 1.54) is 23.5 Å². The number of halogens is 1. The number of rotatable bonds is 6. The van der Waals surface area contributed by atoms with Crippen LogP contribution in [0.4, 0.5) is 15.0 Å². The highest BCUT2D eigenvalue weighted by Crippen LogP contribution is 2.31. The molecule has 0 spiro atoms. The summed E-state index contributed by atoms with van der Waals surface area (Å²) in [6, 6.07) is 12.1. The standard InChI is InChI=1S/C22H20FN5O2S/c1-13-4-2-3-5-16(13)17(25-21(24)30)12-18(29)26-20-19(14-6-8-15(23)9-7-14)27-22-28(20)10-11-31-22/h2-11,17H,12H2,1H3,(H,26,29)(H3,24,25,30)/t17-/m0/s1. The smallest absolute Gasteiger partial charge is 0.312 e. The molecule has 0 fully saturated rings. The predicted molar refractivity (Wildman–Crippen MR) is 118 cm³/mol. The van der Waals surface area contributed by atoms with E-state index in [1.807, 2.05) is 36.6 Å². The molecule has 158 valence electrons. The minimum absolute atomic E-state index is 0.0198. The van der Waals surface area contributed by atoms with Gasteiger partial charge in [-0.25, -0.2) is 14.2 Å². The third-order valence-electron chi connectivity index (χ3n) is 4.91. The molecule has 4 N–H and O–H groups in total. The average molecular weight is 438 g/mol. The van der Waals surface area contributed by atoms with Crippen LogP contribution in [-0.2, 0) is 4.79 Å². The Balaban J connectivity index is 1.64.